The normalized spacial score (nSPS) is 10.1. The highest BCUT2D eigenvalue weighted by Gasteiger charge is 2.10. The van der Waals surface area contributed by atoms with Crippen LogP contribution in [0.3, 0.4) is 0 Å². The fourth-order valence-corrected chi connectivity index (χ4v) is 2.97. The first kappa shape index (κ1) is 18.4. The Morgan fingerprint density at radius 2 is 2.15 bits per heavy atom. The lowest BCUT2D eigenvalue weighted by molar-refractivity contribution is 0.0958. The Morgan fingerprint density at radius 1 is 1.26 bits per heavy atom. The van der Waals surface area contributed by atoms with Crippen LogP contribution in [0.15, 0.2) is 48.8 Å². The van der Waals surface area contributed by atoms with Crippen LogP contribution in [0.1, 0.15) is 15.2 Å². The van der Waals surface area contributed by atoms with Gasteiger partial charge < -0.3 is 16.0 Å². The number of hydrogen-bond donors (Lipinski definition) is 3. The van der Waals surface area contributed by atoms with Crippen molar-refractivity contribution in [3.8, 4) is 12.3 Å². The summed E-state index contributed by atoms with van der Waals surface area (Å²) >= 11 is 1.43. The van der Waals surface area contributed by atoms with Gasteiger partial charge in [-0.05, 0) is 30.3 Å². The molecule has 2 heterocycles. The van der Waals surface area contributed by atoms with Crippen molar-refractivity contribution >= 4 is 33.9 Å². The van der Waals surface area contributed by atoms with E-state index in [1.54, 1.807) is 12.4 Å². The van der Waals surface area contributed by atoms with E-state index in [4.69, 9.17) is 6.42 Å². The highest BCUT2D eigenvalue weighted by Crippen LogP contribution is 2.23. The highest BCUT2D eigenvalue weighted by molar-refractivity contribution is 7.15. The fraction of sp³-hybridized carbons (Fsp3) is 0.105. The molecule has 0 saturated carbocycles. The average molecular weight is 381 g/mol. The molecule has 136 valence electrons. The van der Waals surface area contributed by atoms with E-state index >= 15 is 0 Å². The first-order chi connectivity index (χ1) is 13.2. The van der Waals surface area contributed by atoms with Gasteiger partial charge >= 0.3 is 0 Å². The molecule has 0 bridgehead atoms. The Kier molecular flexibility index (Phi) is 5.97. The summed E-state index contributed by atoms with van der Waals surface area (Å²) in [5.74, 6) is 2.22. The summed E-state index contributed by atoms with van der Waals surface area (Å²) in [6, 6.07) is 9.65. The maximum absolute atomic E-state index is 14.0. The molecule has 0 unspecified atom stereocenters. The van der Waals surface area contributed by atoms with E-state index in [0.29, 0.717) is 23.1 Å². The summed E-state index contributed by atoms with van der Waals surface area (Å²) in [5.41, 5.74) is 0.562. The van der Waals surface area contributed by atoms with Gasteiger partial charge in [0.15, 0.2) is 5.13 Å². The van der Waals surface area contributed by atoms with Crippen LogP contribution < -0.4 is 16.0 Å². The van der Waals surface area contributed by atoms with Crippen molar-refractivity contribution in [3.05, 3.63) is 65.0 Å². The van der Waals surface area contributed by atoms with Crippen LogP contribution in [0.25, 0.3) is 0 Å². The number of aromatic nitrogens is 2. The molecule has 1 aromatic carbocycles. The number of terminal acetylenes is 1. The number of carbonyl (C=O) groups excluding carboxylic acids is 1. The Morgan fingerprint density at radius 3 is 2.93 bits per heavy atom. The van der Waals surface area contributed by atoms with Crippen LogP contribution in [0.5, 0.6) is 0 Å². The van der Waals surface area contributed by atoms with Gasteiger partial charge in [0.25, 0.3) is 5.91 Å². The summed E-state index contributed by atoms with van der Waals surface area (Å²) in [7, 11) is 0. The predicted molar refractivity (Wildman–Crippen MR) is 105 cm³/mol. The Hall–Kier alpha value is -3.44. The van der Waals surface area contributed by atoms with Crippen LogP contribution in [0.4, 0.5) is 21.0 Å². The molecule has 6 nitrogen and oxygen atoms in total. The van der Waals surface area contributed by atoms with Crippen LogP contribution >= 0.6 is 11.3 Å². The minimum atomic E-state index is -0.445. The van der Waals surface area contributed by atoms with Crippen molar-refractivity contribution in [1.82, 2.24) is 15.3 Å². The molecule has 0 aliphatic heterocycles. The number of halogens is 1. The number of hydrogen-bond acceptors (Lipinski definition) is 6. The molecule has 0 aliphatic rings. The molecular weight excluding hydrogens is 365 g/mol. The molecule has 0 atom stereocenters. The van der Waals surface area contributed by atoms with Gasteiger partial charge in [-0.25, -0.2) is 14.4 Å². The lowest BCUT2D eigenvalue weighted by Gasteiger charge is -2.08. The fourth-order valence-electron chi connectivity index (χ4n) is 2.21. The summed E-state index contributed by atoms with van der Waals surface area (Å²) in [6.07, 6.45) is 8.51. The van der Waals surface area contributed by atoms with Gasteiger partial charge in [-0.2, -0.15) is 0 Å². The number of nitrogens with one attached hydrogen (secondary N) is 3. The lowest BCUT2D eigenvalue weighted by atomic mass is 10.1. The van der Waals surface area contributed by atoms with Gasteiger partial charge in [0.1, 0.15) is 11.6 Å². The third-order valence-corrected chi connectivity index (χ3v) is 4.40. The molecule has 3 rings (SSSR count). The van der Waals surface area contributed by atoms with Gasteiger partial charge in [-0.1, -0.05) is 23.3 Å². The van der Waals surface area contributed by atoms with Crippen molar-refractivity contribution < 1.29 is 9.18 Å². The number of rotatable bonds is 7. The summed E-state index contributed by atoms with van der Waals surface area (Å²) in [6.45, 7) is 0.486. The molecule has 0 fully saturated rings. The zero-order valence-electron chi connectivity index (χ0n) is 14.2. The van der Waals surface area contributed by atoms with E-state index < -0.39 is 5.82 Å². The van der Waals surface area contributed by atoms with Crippen molar-refractivity contribution in [2.45, 2.75) is 6.54 Å². The summed E-state index contributed by atoms with van der Waals surface area (Å²) < 4.78 is 14.0. The van der Waals surface area contributed by atoms with Crippen molar-refractivity contribution in [2.24, 2.45) is 0 Å². The molecule has 0 spiro atoms. The second kappa shape index (κ2) is 8.78. The molecule has 3 N–H and O–H groups in total. The average Bonchev–Trinajstić information content (AvgIpc) is 3.13. The topological polar surface area (TPSA) is 78.9 Å². The number of amides is 1. The number of anilines is 3. The summed E-state index contributed by atoms with van der Waals surface area (Å²) in [4.78, 5) is 21.3. The first-order valence-electron chi connectivity index (χ1n) is 8.03. The molecule has 8 heteroatoms. The standard InChI is InChI=1S/C19H16FN5OS/c1-2-8-22-18(26)13-6-7-15(20)16(10-13)23-11-14-12-24-19(27-14)25-17-5-3-4-9-21-17/h1,3-7,9-10,12,23H,8,11H2,(H,22,26)(H,21,24,25). The number of pyridine rings is 1. The monoisotopic (exact) mass is 381 g/mol. The Balaban J connectivity index is 1.63. The molecule has 0 radical (unpaired) electrons. The van der Waals surface area contributed by atoms with Gasteiger partial charge in [-0.15, -0.1) is 6.42 Å². The second-order valence-corrected chi connectivity index (χ2v) is 6.52. The molecular formula is C19H16FN5OS. The molecule has 2 aromatic heterocycles. The smallest absolute Gasteiger partial charge is 0.252 e. The maximum atomic E-state index is 14.0. The molecule has 1 amide bonds. The highest BCUT2D eigenvalue weighted by atomic mass is 32.1. The first-order valence-corrected chi connectivity index (χ1v) is 8.85. The molecule has 0 aliphatic carbocycles. The third kappa shape index (κ3) is 5.03. The van der Waals surface area contributed by atoms with Gasteiger partial charge in [0.2, 0.25) is 0 Å². The number of thiazole rings is 1. The minimum absolute atomic E-state index is 0.117. The molecule has 3 aromatic rings. The van der Waals surface area contributed by atoms with Crippen LogP contribution in [0, 0.1) is 18.2 Å². The largest absolute Gasteiger partial charge is 0.378 e. The van der Waals surface area contributed by atoms with Crippen LogP contribution in [0.2, 0.25) is 0 Å². The van der Waals surface area contributed by atoms with E-state index in [0.717, 1.165) is 4.88 Å². The lowest BCUT2D eigenvalue weighted by Crippen LogP contribution is -2.23. The second-order valence-electron chi connectivity index (χ2n) is 5.41. The zero-order chi connectivity index (χ0) is 19.1. The van der Waals surface area contributed by atoms with Crippen LogP contribution in [-0.2, 0) is 6.54 Å². The quantitative estimate of drug-likeness (QED) is 0.547. The SMILES string of the molecule is C#CCNC(=O)c1ccc(F)c(NCc2cnc(Nc3ccccn3)s2)c1. The molecule has 0 saturated heterocycles. The van der Waals surface area contributed by atoms with E-state index in [1.807, 2.05) is 18.2 Å². The van der Waals surface area contributed by atoms with Gasteiger partial charge in [-0.3, -0.25) is 4.79 Å². The number of nitrogens with zero attached hydrogens (tertiary/aromatic N) is 2. The van der Waals surface area contributed by atoms with Crippen molar-refractivity contribution in [2.75, 3.05) is 17.2 Å². The minimum Gasteiger partial charge on any atom is -0.378 e. The predicted octanol–water partition coefficient (Wildman–Crippen LogP) is 3.40. The van der Waals surface area contributed by atoms with E-state index in [1.165, 1.54) is 29.5 Å². The Labute approximate surface area is 159 Å². The third-order valence-electron chi connectivity index (χ3n) is 3.49. The Bertz CT molecular complexity index is 968. The van der Waals surface area contributed by atoms with Crippen molar-refractivity contribution in [1.29, 1.82) is 0 Å². The van der Waals surface area contributed by atoms with Crippen molar-refractivity contribution in [3.63, 3.8) is 0 Å². The van der Waals surface area contributed by atoms with E-state index in [2.05, 4.69) is 31.8 Å². The van der Waals surface area contributed by atoms with Gasteiger partial charge in [0, 0.05) is 22.8 Å². The van der Waals surface area contributed by atoms with Crippen LogP contribution in [-0.4, -0.2) is 22.4 Å². The zero-order valence-corrected chi connectivity index (χ0v) is 15.0. The summed E-state index contributed by atoms with van der Waals surface area (Å²) in [5, 5.41) is 9.33. The number of benzene rings is 1. The van der Waals surface area contributed by atoms with E-state index in [9.17, 15) is 9.18 Å². The number of carbonyl (C=O) groups is 1. The van der Waals surface area contributed by atoms with Gasteiger partial charge in [0.05, 0.1) is 18.8 Å². The maximum Gasteiger partial charge on any atom is 0.252 e. The molecule has 27 heavy (non-hydrogen) atoms. The van der Waals surface area contributed by atoms with E-state index in [-0.39, 0.29) is 18.1 Å².